The van der Waals surface area contributed by atoms with E-state index in [0.717, 1.165) is 38.1 Å². The first-order chi connectivity index (χ1) is 9.22. The highest BCUT2D eigenvalue weighted by Crippen LogP contribution is 2.23. The second kappa shape index (κ2) is 7.58. The van der Waals surface area contributed by atoms with Crippen LogP contribution in [0.15, 0.2) is 0 Å². The van der Waals surface area contributed by atoms with Crippen molar-refractivity contribution in [2.24, 2.45) is 5.92 Å². The van der Waals surface area contributed by atoms with Crippen LogP contribution in [0.1, 0.15) is 32.6 Å². The van der Waals surface area contributed by atoms with E-state index in [2.05, 4.69) is 17.1 Å². The van der Waals surface area contributed by atoms with E-state index in [4.69, 9.17) is 9.47 Å². The standard InChI is InChI=1S/C15H30N2O2/c1-12-5-4-6-13(9-12)16-7-8-17-10-14(18-2)15(11-17)19-3/h12-16H,4-11H2,1-3H3. The summed E-state index contributed by atoms with van der Waals surface area (Å²) in [6.07, 6.45) is 5.97. The van der Waals surface area contributed by atoms with Crippen LogP contribution in [-0.4, -0.2) is 63.5 Å². The van der Waals surface area contributed by atoms with Gasteiger partial charge in [0, 0.05) is 46.4 Å². The van der Waals surface area contributed by atoms with E-state index in [9.17, 15) is 0 Å². The van der Waals surface area contributed by atoms with Crippen LogP contribution in [0.25, 0.3) is 0 Å². The summed E-state index contributed by atoms with van der Waals surface area (Å²) >= 11 is 0. The van der Waals surface area contributed by atoms with Crippen LogP contribution in [0.5, 0.6) is 0 Å². The SMILES string of the molecule is COC1CN(CCNC2CCCC(C)C2)CC1OC. The lowest BCUT2D eigenvalue weighted by molar-refractivity contribution is -0.00461. The molecule has 2 fully saturated rings. The Morgan fingerprint density at radius 3 is 2.37 bits per heavy atom. The molecule has 4 atom stereocenters. The van der Waals surface area contributed by atoms with Gasteiger partial charge in [0.25, 0.3) is 0 Å². The molecule has 0 radical (unpaired) electrons. The molecule has 1 heterocycles. The Balaban J connectivity index is 1.63. The minimum Gasteiger partial charge on any atom is -0.377 e. The molecule has 0 aromatic rings. The molecule has 0 aromatic heterocycles. The maximum atomic E-state index is 5.47. The van der Waals surface area contributed by atoms with Gasteiger partial charge in [0.15, 0.2) is 0 Å². The van der Waals surface area contributed by atoms with Gasteiger partial charge in [0.05, 0.1) is 12.2 Å². The molecule has 0 spiro atoms. The van der Waals surface area contributed by atoms with Gasteiger partial charge >= 0.3 is 0 Å². The Hall–Kier alpha value is -0.160. The number of hydrogen-bond acceptors (Lipinski definition) is 4. The van der Waals surface area contributed by atoms with E-state index >= 15 is 0 Å². The van der Waals surface area contributed by atoms with Crippen molar-refractivity contribution < 1.29 is 9.47 Å². The first kappa shape index (κ1) is 15.2. The molecule has 19 heavy (non-hydrogen) atoms. The van der Waals surface area contributed by atoms with Crippen LogP contribution in [0, 0.1) is 5.92 Å². The average molecular weight is 270 g/mol. The zero-order valence-electron chi connectivity index (χ0n) is 12.7. The molecule has 1 saturated carbocycles. The molecule has 0 amide bonds. The molecule has 1 aliphatic heterocycles. The molecule has 4 unspecified atom stereocenters. The lowest BCUT2D eigenvalue weighted by Gasteiger charge is -2.28. The van der Waals surface area contributed by atoms with Crippen molar-refractivity contribution in [1.82, 2.24) is 10.2 Å². The normalized spacial score (nSPS) is 36.8. The third-order valence-corrected chi connectivity index (χ3v) is 4.69. The van der Waals surface area contributed by atoms with Gasteiger partial charge in [-0.15, -0.1) is 0 Å². The highest BCUT2D eigenvalue weighted by molar-refractivity contribution is 4.86. The van der Waals surface area contributed by atoms with E-state index in [1.165, 1.54) is 25.7 Å². The van der Waals surface area contributed by atoms with Crippen LogP contribution in [-0.2, 0) is 9.47 Å². The van der Waals surface area contributed by atoms with Gasteiger partial charge in [-0.1, -0.05) is 19.8 Å². The molecule has 4 nitrogen and oxygen atoms in total. The number of methoxy groups -OCH3 is 2. The van der Waals surface area contributed by atoms with Crippen molar-refractivity contribution in [2.45, 2.75) is 50.9 Å². The van der Waals surface area contributed by atoms with Crippen molar-refractivity contribution >= 4 is 0 Å². The zero-order valence-corrected chi connectivity index (χ0v) is 12.7. The lowest BCUT2D eigenvalue weighted by atomic mass is 9.87. The van der Waals surface area contributed by atoms with Crippen LogP contribution >= 0.6 is 0 Å². The predicted octanol–water partition coefficient (Wildman–Crippen LogP) is 1.50. The number of nitrogens with zero attached hydrogens (tertiary/aromatic N) is 1. The minimum absolute atomic E-state index is 0.236. The molecule has 112 valence electrons. The lowest BCUT2D eigenvalue weighted by Crippen LogP contribution is -2.39. The third-order valence-electron chi connectivity index (χ3n) is 4.69. The summed E-state index contributed by atoms with van der Waals surface area (Å²) in [6.45, 7) is 6.56. The van der Waals surface area contributed by atoms with Gasteiger partial charge in [0.1, 0.15) is 0 Å². The summed E-state index contributed by atoms with van der Waals surface area (Å²) in [7, 11) is 3.56. The first-order valence-corrected chi connectivity index (χ1v) is 7.74. The van der Waals surface area contributed by atoms with E-state index < -0.39 is 0 Å². The van der Waals surface area contributed by atoms with Crippen LogP contribution in [0.4, 0.5) is 0 Å². The van der Waals surface area contributed by atoms with E-state index in [1.54, 1.807) is 14.2 Å². The van der Waals surface area contributed by atoms with Crippen LogP contribution in [0.2, 0.25) is 0 Å². The number of likely N-dealkylation sites (tertiary alicyclic amines) is 1. The largest absolute Gasteiger partial charge is 0.377 e. The fourth-order valence-corrected chi connectivity index (χ4v) is 3.50. The Morgan fingerprint density at radius 1 is 1.11 bits per heavy atom. The van der Waals surface area contributed by atoms with Gasteiger partial charge in [-0.05, 0) is 18.8 Å². The Morgan fingerprint density at radius 2 is 1.79 bits per heavy atom. The number of ether oxygens (including phenoxy) is 2. The second-order valence-electron chi connectivity index (χ2n) is 6.23. The summed E-state index contributed by atoms with van der Waals surface area (Å²) < 4.78 is 10.9. The third kappa shape index (κ3) is 4.42. The quantitative estimate of drug-likeness (QED) is 0.793. The highest BCUT2D eigenvalue weighted by atomic mass is 16.5. The van der Waals surface area contributed by atoms with Gasteiger partial charge < -0.3 is 14.8 Å². The Labute approximate surface area is 117 Å². The molecule has 1 aliphatic carbocycles. The topological polar surface area (TPSA) is 33.7 Å². The van der Waals surface area contributed by atoms with Crippen molar-refractivity contribution in [3.8, 4) is 0 Å². The summed E-state index contributed by atoms with van der Waals surface area (Å²) in [4.78, 5) is 2.45. The van der Waals surface area contributed by atoms with Gasteiger partial charge in [0.2, 0.25) is 0 Å². The van der Waals surface area contributed by atoms with Crippen molar-refractivity contribution in [2.75, 3.05) is 40.4 Å². The summed E-state index contributed by atoms with van der Waals surface area (Å²) in [5, 5.41) is 3.72. The molecule has 2 aliphatic rings. The summed E-state index contributed by atoms with van der Waals surface area (Å²) in [6, 6.07) is 0.739. The first-order valence-electron chi connectivity index (χ1n) is 7.74. The average Bonchev–Trinajstić information content (AvgIpc) is 2.81. The molecule has 4 heteroatoms. The number of hydrogen-bond donors (Lipinski definition) is 1. The van der Waals surface area contributed by atoms with E-state index in [1.807, 2.05) is 0 Å². The molecule has 1 N–H and O–H groups in total. The minimum atomic E-state index is 0.236. The fourth-order valence-electron chi connectivity index (χ4n) is 3.50. The Kier molecular flexibility index (Phi) is 6.07. The molecule has 2 rings (SSSR count). The maximum Gasteiger partial charge on any atom is 0.0971 e. The van der Waals surface area contributed by atoms with Crippen molar-refractivity contribution in [3.63, 3.8) is 0 Å². The van der Waals surface area contributed by atoms with Gasteiger partial charge in [-0.2, -0.15) is 0 Å². The van der Waals surface area contributed by atoms with E-state index in [0.29, 0.717) is 0 Å². The molecule has 0 bridgehead atoms. The van der Waals surface area contributed by atoms with Crippen LogP contribution < -0.4 is 5.32 Å². The summed E-state index contributed by atoms with van der Waals surface area (Å²) in [5.41, 5.74) is 0. The molecule has 0 aromatic carbocycles. The maximum absolute atomic E-state index is 5.47. The van der Waals surface area contributed by atoms with Gasteiger partial charge in [-0.25, -0.2) is 0 Å². The molecule has 1 saturated heterocycles. The van der Waals surface area contributed by atoms with Crippen molar-refractivity contribution in [3.05, 3.63) is 0 Å². The monoisotopic (exact) mass is 270 g/mol. The fraction of sp³-hybridized carbons (Fsp3) is 1.00. The molecular formula is C15H30N2O2. The van der Waals surface area contributed by atoms with E-state index in [-0.39, 0.29) is 12.2 Å². The molecular weight excluding hydrogens is 240 g/mol. The highest BCUT2D eigenvalue weighted by Gasteiger charge is 2.32. The van der Waals surface area contributed by atoms with Crippen molar-refractivity contribution in [1.29, 1.82) is 0 Å². The zero-order chi connectivity index (χ0) is 13.7. The number of nitrogens with one attached hydrogen (secondary N) is 1. The number of rotatable bonds is 6. The second-order valence-corrected chi connectivity index (χ2v) is 6.23. The van der Waals surface area contributed by atoms with Crippen LogP contribution in [0.3, 0.4) is 0 Å². The Bertz CT molecular complexity index is 251. The van der Waals surface area contributed by atoms with Gasteiger partial charge in [-0.3, -0.25) is 4.90 Å². The predicted molar refractivity (Wildman–Crippen MR) is 77.5 cm³/mol. The summed E-state index contributed by atoms with van der Waals surface area (Å²) in [5.74, 6) is 0.897. The smallest absolute Gasteiger partial charge is 0.0971 e.